The Bertz CT molecular complexity index is 532. The van der Waals surface area contributed by atoms with E-state index in [-0.39, 0.29) is 27.3 Å². The summed E-state index contributed by atoms with van der Waals surface area (Å²) in [5, 5.41) is 0.194. The first-order valence-electron chi connectivity index (χ1n) is 4.77. The van der Waals surface area contributed by atoms with Crippen LogP contribution in [0.15, 0.2) is 12.1 Å². The van der Waals surface area contributed by atoms with Crippen molar-refractivity contribution in [3.05, 3.63) is 27.7 Å². The Labute approximate surface area is 110 Å². The molecule has 0 spiro atoms. The second kappa shape index (κ2) is 5.25. The number of Topliss-reactive ketones (excluding diaryl/α,β-unsaturated/α-hetero) is 1. The third kappa shape index (κ3) is 3.59. The Balaban J connectivity index is 3.24. The number of ketones is 1. The number of hydrogen-bond acceptors (Lipinski definition) is 3. The lowest BCUT2D eigenvalue weighted by molar-refractivity contribution is 0.101. The Hall–Kier alpha value is -0.780. The predicted octanol–water partition coefficient (Wildman–Crippen LogP) is 2.96. The van der Waals surface area contributed by atoms with E-state index >= 15 is 0 Å². The summed E-state index contributed by atoms with van der Waals surface area (Å²) in [5.41, 5.74) is 0.430. The molecule has 7 heteroatoms. The number of nitrogens with one attached hydrogen (secondary N) is 1. The van der Waals surface area contributed by atoms with Gasteiger partial charge in [-0.05, 0) is 26.0 Å². The van der Waals surface area contributed by atoms with Gasteiger partial charge in [-0.2, -0.15) is 0 Å². The zero-order chi connectivity index (χ0) is 13.2. The van der Waals surface area contributed by atoms with Crippen LogP contribution in [0.2, 0.25) is 10.0 Å². The number of halogens is 2. The molecule has 0 aliphatic rings. The normalized spacial score (nSPS) is 11.3. The minimum Gasteiger partial charge on any atom is -0.295 e. The highest BCUT2D eigenvalue weighted by molar-refractivity contribution is 7.92. The minimum absolute atomic E-state index is 0.0892. The van der Waals surface area contributed by atoms with Gasteiger partial charge in [0.25, 0.3) is 0 Å². The van der Waals surface area contributed by atoms with Crippen molar-refractivity contribution in [2.45, 2.75) is 13.8 Å². The van der Waals surface area contributed by atoms with Crippen molar-refractivity contribution in [3.63, 3.8) is 0 Å². The SMILES string of the molecule is CCS(=O)(=O)Nc1c(Cl)cc(C(C)=O)cc1Cl. The smallest absolute Gasteiger partial charge is 0.232 e. The van der Waals surface area contributed by atoms with Gasteiger partial charge in [0.2, 0.25) is 10.0 Å². The van der Waals surface area contributed by atoms with E-state index in [0.717, 1.165) is 0 Å². The molecule has 0 heterocycles. The summed E-state index contributed by atoms with van der Waals surface area (Å²) in [7, 11) is -3.45. The van der Waals surface area contributed by atoms with E-state index in [9.17, 15) is 13.2 Å². The van der Waals surface area contributed by atoms with Crippen molar-refractivity contribution in [2.75, 3.05) is 10.5 Å². The van der Waals surface area contributed by atoms with Crippen molar-refractivity contribution >= 4 is 44.7 Å². The maximum atomic E-state index is 11.4. The van der Waals surface area contributed by atoms with Gasteiger partial charge in [-0.15, -0.1) is 0 Å². The van der Waals surface area contributed by atoms with Crippen molar-refractivity contribution < 1.29 is 13.2 Å². The molecule has 0 fully saturated rings. The third-order valence-electron chi connectivity index (χ3n) is 2.09. The predicted molar refractivity (Wildman–Crippen MR) is 69.6 cm³/mol. The van der Waals surface area contributed by atoms with Crippen LogP contribution in [0.5, 0.6) is 0 Å². The zero-order valence-electron chi connectivity index (χ0n) is 9.25. The number of carbonyl (C=O) groups is 1. The van der Waals surface area contributed by atoms with E-state index in [2.05, 4.69) is 4.72 Å². The molecule has 0 aromatic heterocycles. The van der Waals surface area contributed by atoms with Crippen molar-refractivity contribution in [2.24, 2.45) is 0 Å². The number of rotatable bonds is 4. The molecule has 94 valence electrons. The monoisotopic (exact) mass is 295 g/mol. The Kier molecular flexibility index (Phi) is 4.41. The molecule has 1 rings (SSSR count). The number of anilines is 1. The Morgan fingerprint density at radius 2 is 1.76 bits per heavy atom. The molecule has 4 nitrogen and oxygen atoms in total. The number of hydrogen-bond donors (Lipinski definition) is 1. The average Bonchev–Trinajstić information content (AvgIpc) is 2.23. The van der Waals surface area contributed by atoms with Gasteiger partial charge in [-0.1, -0.05) is 23.2 Å². The van der Waals surface area contributed by atoms with Crippen LogP contribution in [0.1, 0.15) is 24.2 Å². The van der Waals surface area contributed by atoms with Crippen LogP contribution in [0.25, 0.3) is 0 Å². The van der Waals surface area contributed by atoms with Crippen molar-refractivity contribution in [1.82, 2.24) is 0 Å². The van der Waals surface area contributed by atoms with E-state index < -0.39 is 10.0 Å². The molecule has 0 atom stereocenters. The van der Waals surface area contributed by atoms with Gasteiger partial charge in [0.15, 0.2) is 5.78 Å². The summed E-state index contributed by atoms with van der Waals surface area (Å²) in [6.45, 7) is 2.87. The van der Waals surface area contributed by atoms with Gasteiger partial charge in [-0.25, -0.2) is 8.42 Å². The van der Waals surface area contributed by atoms with Crippen LogP contribution < -0.4 is 4.72 Å². The summed E-state index contributed by atoms with van der Waals surface area (Å²) in [6.07, 6.45) is 0. The molecular weight excluding hydrogens is 285 g/mol. The van der Waals surface area contributed by atoms with Crippen LogP contribution in [0.3, 0.4) is 0 Å². The molecule has 0 aliphatic heterocycles. The van der Waals surface area contributed by atoms with Gasteiger partial charge < -0.3 is 0 Å². The molecule has 1 aromatic rings. The van der Waals surface area contributed by atoms with Gasteiger partial charge >= 0.3 is 0 Å². The molecular formula is C10H11Cl2NO3S. The second-order valence-corrected chi connectivity index (χ2v) is 6.20. The fourth-order valence-corrected chi connectivity index (χ4v) is 2.47. The zero-order valence-corrected chi connectivity index (χ0v) is 11.6. The maximum absolute atomic E-state index is 11.4. The van der Waals surface area contributed by atoms with E-state index in [0.29, 0.717) is 5.56 Å². The van der Waals surface area contributed by atoms with E-state index in [4.69, 9.17) is 23.2 Å². The van der Waals surface area contributed by atoms with E-state index in [1.54, 1.807) is 0 Å². The average molecular weight is 296 g/mol. The van der Waals surface area contributed by atoms with Gasteiger partial charge in [0.05, 0.1) is 21.5 Å². The fraction of sp³-hybridized carbons (Fsp3) is 0.300. The quantitative estimate of drug-likeness (QED) is 0.869. The fourth-order valence-electron chi connectivity index (χ4n) is 1.10. The molecule has 0 amide bonds. The van der Waals surface area contributed by atoms with E-state index in [1.165, 1.54) is 26.0 Å². The molecule has 0 bridgehead atoms. The lowest BCUT2D eigenvalue weighted by Crippen LogP contribution is -2.15. The first-order chi connectivity index (χ1) is 7.76. The largest absolute Gasteiger partial charge is 0.295 e. The van der Waals surface area contributed by atoms with Gasteiger partial charge in [-0.3, -0.25) is 9.52 Å². The first kappa shape index (κ1) is 14.3. The van der Waals surface area contributed by atoms with Crippen molar-refractivity contribution in [3.8, 4) is 0 Å². The summed E-state index contributed by atoms with van der Waals surface area (Å²) in [5.74, 6) is -0.285. The van der Waals surface area contributed by atoms with Crippen LogP contribution in [-0.4, -0.2) is 20.0 Å². The molecule has 0 saturated carbocycles. The standard InChI is InChI=1S/C10H11Cl2NO3S/c1-3-17(15,16)13-10-8(11)4-7(6(2)14)5-9(10)12/h4-5,13H,3H2,1-2H3. The summed E-state index contributed by atoms with van der Waals surface area (Å²) in [4.78, 5) is 11.1. The Morgan fingerprint density at radius 1 is 1.29 bits per heavy atom. The van der Waals surface area contributed by atoms with Gasteiger partial charge in [0.1, 0.15) is 0 Å². The highest BCUT2D eigenvalue weighted by Crippen LogP contribution is 2.32. The van der Waals surface area contributed by atoms with Crippen LogP contribution in [0, 0.1) is 0 Å². The minimum atomic E-state index is -3.45. The van der Waals surface area contributed by atoms with Gasteiger partial charge in [0, 0.05) is 5.56 Å². The lowest BCUT2D eigenvalue weighted by Gasteiger charge is -2.11. The second-order valence-electron chi connectivity index (χ2n) is 3.38. The maximum Gasteiger partial charge on any atom is 0.232 e. The molecule has 1 aromatic carbocycles. The van der Waals surface area contributed by atoms with E-state index in [1.807, 2.05) is 0 Å². The highest BCUT2D eigenvalue weighted by atomic mass is 35.5. The van der Waals surface area contributed by atoms with Crippen LogP contribution in [-0.2, 0) is 10.0 Å². The molecule has 17 heavy (non-hydrogen) atoms. The first-order valence-corrected chi connectivity index (χ1v) is 7.18. The number of sulfonamides is 1. The Morgan fingerprint density at radius 3 is 2.12 bits per heavy atom. The number of carbonyl (C=O) groups excluding carboxylic acids is 1. The highest BCUT2D eigenvalue weighted by Gasteiger charge is 2.15. The van der Waals surface area contributed by atoms with Crippen LogP contribution >= 0.6 is 23.2 Å². The molecule has 0 saturated heterocycles. The third-order valence-corrected chi connectivity index (χ3v) is 3.96. The lowest BCUT2D eigenvalue weighted by atomic mass is 10.1. The number of benzene rings is 1. The molecule has 0 aliphatic carbocycles. The molecule has 0 unspecified atom stereocenters. The van der Waals surface area contributed by atoms with Crippen molar-refractivity contribution in [1.29, 1.82) is 0 Å². The summed E-state index contributed by atoms with van der Waals surface area (Å²) < 4.78 is 25.1. The van der Waals surface area contributed by atoms with Crippen LogP contribution in [0.4, 0.5) is 5.69 Å². The topological polar surface area (TPSA) is 63.2 Å². The summed E-state index contributed by atoms with van der Waals surface area (Å²) >= 11 is 11.8. The summed E-state index contributed by atoms with van der Waals surface area (Å²) in [6, 6.07) is 2.76. The molecule has 1 N–H and O–H groups in total. The molecule has 0 radical (unpaired) electrons.